The molecule has 26 heavy (non-hydrogen) atoms. The molecule has 136 valence electrons. The largest absolute Gasteiger partial charge is 0.462 e. The topological polar surface area (TPSA) is 84.0 Å². The minimum absolute atomic E-state index is 0.00845. The van der Waals surface area contributed by atoms with Gasteiger partial charge in [-0.05, 0) is 25.0 Å². The maximum Gasteiger partial charge on any atom is 0.329 e. The summed E-state index contributed by atoms with van der Waals surface area (Å²) in [5.41, 5.74) is 0.745. The Bertz CT molecular complexity index is 757. The lowest BCUT2D eigenvalue weighted by Gasteiger charge is -2.22. The third-order valence-electron chi connectivity index (χ3n) is 4.80. The highest BCUT2D eigenvalue weighted by Crippen LogP contribution is 2.34. The fraction of sp³-hybridized carbons (Fsp3) is 0.444. The Morgan fingerprint density at radius 1 is 1.12 bits per heavy atom. The van der Waals surface area contributed by atoms with E-state index in [-0.39, 0.29) is 36.8 Å². The molecule has 1 atom stereocenters. The Hall–Kier alpha value is -2.35. The molecule has 1 unspecified atom stereocenters. The van der Waals surface area contributed by atoms with Crippen LogP contribution in [0, 0.1) is 5.92 Å². The molecule has 0 N–H and O–H groups in total. The number of esters is 1. The van der Waals surface area contributed by atoms with Crippen LogP contribution in [0.1, 0.15) is 33.6 Å². The molecular weight excluding hydrogens is 356 g/mol. The molecule has 1 saturated carbocycles. The van der Waals surface area contributed by atoms with Crippen molar-refractivity contribution >= 4 is 35.5 Å². The van der Waals surface area contributed by atoms with Gasteiger partial charge in [-0.2, -0.15) is 0 Å². The van der Waals surface area contributed by atoms with Crippen molar-refractivity contribution in [3.63, 3.8) is 0 Å². The van der Waals surface area contributed by atoms with E-state index in [0.29, 0.717) is 22.8 Å². The summed E-state index contributed by atoms with van der Waals surface area (Å²) in [4.78, 5) is 51.8. The summed E-state index contributed by atoms with van der Waals surface area (Å²) < 4.78 is 5.27. The molecule has 2 heterocycles. The second kappa shape index (κ2) is 6.75. The van der Waals surface area contributed by atoms with Crippen LogP contribution in [0.25, 0.3) is 0 Å². The highest BCUT2D eigenvalue weighted by atomic mass is 32.2. The number of fused-ring (bicyclic) bond motifs is 1. The van der Waals surface area contributed by atoms with Gasteiger partial charge in [0, 0.05) is 11.7 Å². The predicted octanol–water partition coefficient (Wildman–Crippen LogP) is 1.14. The molecule has 2 aliphatic heterocycles. The quantitative estimate of drug-likeness (QED) is 0.568. The fourth-order valence-electron chi connectivity index (χ4n) is 3.20. The number of hydrogen-bond acceptors (Lipinski definition) is 6. The van der Waals surface area contributed by atoms with E-state index in [2.05, 4.69) is 0 Å². The molecule has 1 saturated heterocycles. The minimum atomic E-state index is -0.574. The molecule has 1 aromatic rings. The zero-order chi connectivity index (χ0) is 18.3. The fourth-order valence-corrected chi connectivity index (χ4v) is 4.34. The van der Waals surface area contributed by atoms with Gasteiger partial charge in [-0.3, -0.25) is 19.3 Å². The monoisotopic (exact) mass is 374 g/mol. The average Bonchev–Trinajstić information content (AvgIpc) is 3.34. The Labute approximate surface area is 154 Å². The Kier molecular flexibility index (Phi) is 4.44. The molecule has 0 bridgehead atoms. The second-order valence-electron chi connectivity index (χ2n) is 6.57. The molecule has 8 heteroatoms. The van der Waals surface area contributed by atoms with E-state index in [9.17, 15) is 19.2 Å². The summed E-state index contributed by atoms with van der Waals surface area (Å²) in [6.45, 7) is -0.0640. The second-order valence-corrected chi connectivity index (χ2v) is 7.57. The number of hydrogen-bond donors (Lipinski definition) is 0. The normalized spacial score (nSPS) is 21.9. The molecule has 7 nitrogen and oxygen atoms in total. The van der Waals surface area contributed by atoms with Crippen LogP contribution in [0.2, 0.25) is 0 Å². The van der Waals surface area contributed by atoms with E-state index < -0.39 is 12.0 Å². The van der Waals surface area contributed by atoms with Gasteiger partial charge in [-0.25, -0.2) is 4.79 Å². The number of imide groups is 1. The maximum atomic E-state index is 12.3. The predicted molar refractivity (Wildman–Crippen MR) is 93.5 cm³/mol. The van der Waals surface area contributed by atoms with Gasteiger partial charge >= 0.3 is 5.97 Å². The Morgan fingerprint density at radius 2 is 1.77 bits per heavy atom. The van der Waals surface area contributed by atoms with Gasteiger partial charge in [-0.1, -0.05) is 12.1 Å². The average molecular weight is 374 g/mol. The smallest absolute Gasteiger partial charge is 0.329 e. The number of rotatable bonds is 5. The van der Waals surface area contributed by atoms with Crippen LogP contribution in [-0.4, -0.2) is 64.3 Å². The van der Waals surface area contributed by atoms with Crippen molar-refractivity contribution < 1.29 is 23.9 Å². The first-order valence-electron chi connectivity index (χ1n) is 8.58. The van der Waals surface area contributed by atoms with Gasteiger partial charge in [0.25, 0.3) is 11.8 Å². The third kappa shape index (κ3) is 2.98. The highest BCUT2D eigenvalue weighted by molar-refractivity contribution is 7.99. The highest BCUT2D eigenvalue weighted by Gasteiger charge is 2.42. The number of benzene rings is 1. The Morgan fingerprint density at radius 3 is 2.38 bits per heavy atom. The van der Waals surface area contributed by atoms with Crippen LogP contribution in [0.15, 0.2) is 24.3 Å². The first-order chi connectivity index (χ1) is 12.6. The number of carbonyl (C=O) groups excluding carboxylic acids is 4. The molecule has 0 spiro atoms. The van der Waals surface area contributed by atoms with Crippen LogP contribution in [0.4, 0.5) is 0 Å². The van der Waals surface area contributed by atoms with E-state index in [0.717, 1.165) is 17.7 Å². The summed E-state index contributed by atoms with van der Waals surface area (Å²) in [5, 5.41) is 0. The zero-order valence-electron chi connectivity index (χ0n) is 14.1. The van der Waals surface area contributed by atoms with Crippen molar-refractivity contribution in [2.75, 3.05) is 24.8 Å². The number of ether oxygens (including phenoxy) is 1. The lowest BCUT2D eigenvalue weighted by atomic mass is 10.1. The van der Waals surface area contributed by atoms with Crippen molar-refractivity contribution in [2.24, 2.45) is 5.92 Å². The van der Waals surface area contributed by atoms with Gasteiger partial charge in [0.05, 0.1) is 23.5 Å². The van der Waals surface area contributed by atoms with E-state index in [1.165, 1.54) is 11.8 Å². The van der Waals surface area contributed by atoms with Gasteiger partial charge < -0.3 is 9.64 Å². The first-order valence-corrected chi connectivity index (χ1v) is 9.73. The lowest BCUT2D eigenvalue weighted by molar-refractivity contribution is -0.153. The molecule has 4 rings (SSSR count). The van der Waals surface area contributed by atoms with E-state index >= 15 is 0 Å². The molecule has 0 radical (unpaired) electrons. The molecule has 0 aromatic heterocycles. The molecule has 3 aliphatic rings. The number of nitrogens with zero attached hydrogens (tertiary/aromatic N) is 2. The van der Waals surface area contributed by atoms with E-state index in [1.807, 2.05) is 0 Å². The summed E-state index contributed by atoms with van der Waals surface area (Å²) >= 11 is 1.53. The van der Waals surface area contributed by atoms with Crippen molar-refractivity contribution in [3.05, 3.63) is 35.4 Å². The zero-order valence-corrected chi connectivity index (χ0v) is 14.9. The van der Waals surface area contributed by atoms with Crippen molar-refractivity contribution in [2.45, 2.75) is 18.9 Å². The lowest BCUT2D eigenvalue weighted by Crippen LogP contribution is -2.44. The number of carbonyl (C=O) groups is 4. The number of amides is 3. The van der Waals surface area contributed by atoms with Crippen LogP contribution in [0.3, 0.4) is 0 Å². The van der Waals surface area contributed by atoms with Crippen LogP contribution in [0.5, 0.6) is 0 Å². The molecule has 2 fully saturated rings. The standard InChI is InChI=1S/C18H18N2O5S/c21-15(11-5-6-11)20-10-26-9-14(20)18(24)25-8-7-19-16(22)12-3-1-2-4-13(12)17(19)23/h1-4,11,14H,5-10H2. The number of thioether (sulfide) groups is 1. The summed E-state index contributed by atoms with van der Waals surface area (Å²) in [6.07, 6.45) is 1.78. The van der Waals surface area contributed by atoms with E-state index in [1.54, 1.807) is 29.2 Å². The van der Waals surface area contributed by atoms with Gasteiger partial charge in [0.15, 0.2) is 0 Å². The molecular formula is C18H18N2O5S. The van der Waals surface area contributed by atoms with Gasteiger partial charge in [0.2, 0.25) is 5.91 Å². The van der Waals surface area contributed by atoms with Crippen molar-refractivity contribution in [3.8, 4) is 0 Å². The summed E-state index contributed by atoms with van der Waals surface area (Å²) in [6, 6.07) is 6.06. The van der Waals surface area contributed by atoms with Gasteiger partial charge in [0.1, 0.15) is 12.6 Å². The molecule has 1 aromatic carbocycles. The Balaban J connectivity index is 1.32. The van der Waals surface area contributed by atoms with E-state index in [4.69, 9.17) is 4.74 Å². The molecule has 3 amide bonds. The van der Waals surface area contributed by atoms with Crippen LogP contribution < -0.4 is 0 Å². The maximum absolute atomic E-state index is 12.3. The third-order valence-corrected chi connectivity index (χ3v) is 5.81. The van der Waals surface area contributed by atoms with Crippen molar-refractivity contribution in [1.82, 2.24) is 9.80 Å². The van der Waals surface area contributed by atoms with Crippen LogP contribution in [-0.2, 0) is 14.3 Å². The SMILES string of the molecule is O=C(OCCN1C(=O)c2ccccc2C1=O)C1CSCN1C(=O)C1CC1. The summed E-state index contributed by atoms with van der Waals surface area (Å²) in [5.74, 6) is -0.106. The summed E-state index contributed by atoms with van der Waals surface area (Å²) in [7, 11) is 0. The van der Waals surface area contributed by atoms with Gasteiger partial charge in [-0.15, -0.1) is 11.8 Å². The first kappa shape index (κ1) is 17.1. The van der Waals surface area contributed by atoms with Crippen molar-refractivity contribution in [1.29, 1.82) is 0 Å². The minimum Gasteiger partial charge on any atom is -0.462 e. The van der Waals surface area contributed by atoms with Crippen LogP contribution >= 0.6 is 11.8 Å². The molecule has 1 aliphatic carbocycles.